The van der Waals surface area contributed by atoms with Crippen LogP contribution in [0.3, 0.4) is 0 Å². The lowest BCUT2D eigenvalue weighted by atomic mass is 10.1. The number of fused-ring (bicyclic) bond motifs is 1. The van der Waals surface area contributed by atoms with E-state index in [1.165, 1.54) is 0 Å². The zero-order valence-electron chi connectivity index (χ0n) is 12.2. The molecule has 2 heterocycles. The summed E-state index contributed by atoms with van der Waals surface area (Å²) in [5.74, 6) is 2.21. The molecule has 1 aromatic carbocycles. The van der Waals surface area contributed by atoms with Crippen molar-refractivity contribution in [1.82, 2.24) is 14.5 Å². The Hall–Kier alpha value is -3.14. The molecule has 4 nitrogen and oxygen atoms in total. The number of alkyl halides is 3. The Morgan fingerprint density at radius 3 is 2.54 bits per heavy atom. The largest absolute Gasteiger partial charge is 0.417 e. The molecule has 2 aromatic heterocycles. The van der Waals surface area contributed by atoms with Gasteiger partial charge in [0.25, 0.3) is 5.56 Å². The average molecular weight is 329 g/mol. The summed E-state index contributed by atoms with van der Waals surface area (Å²) in [5, 5.41) is -0.583. The molecular weight excluding hydrogens is 319 g/mol. The molecular formula is C17H10F3N3O. The number of terminal acetylenes is 1. The highest BCUT2D eigenvalue weighted by molar-refractivity contribution is 5.82. The van der Waals surface area contributed by atoms with E-state index in [-0.39, 0.29) is 17.9 Å². The number of hydrogen-bond donors (Lipinski definition) is 0. The van der Waals surface area contributed by atoms with Gasteiger partial charge in [0.1, 0.15) is 6.33 Å². The number of rotatable bonds is 2. The number of benzene rings is 1. The molecule has 0 atom stereocenters. The second kappa shape index (κ2) is 5.81. The molecule has 0 spiro atoms. The van der Waals surface area contributed by atoms with Crippen LogP contribution in [0.2, 0.25) is 0 Å². The highest BCUT2D eigenvalue weighted by Gasteiger charge is 2.35. The van der Waals surface area contributed by atoms with Crippen molar-refractivity contribution in [2.24, 2.45) is 0 Å². The van der Waals surface area contributed by atoms with Gasteiger partial charge in [-0.1, -0.05) is 36.3 Å². The predicted molar refractivity (Wildman–Crippen MR) is 83.1 cm³/mol. The zero-order chi connectivity index (χ0) is 17.3. The first-order valence-electron chi connectivity index (χ1n) is 6.88. The molecule has 120 valence electrons. The highest BCUT2D eigenvalue weighted by Crippen LogP contribution is 2.34. The van der Waals surface area contributed by atoms with Crippen LogP contribution in [0, 0.1) is 12.3 Å². The molecule has 3 rings (SSSR count). The number of halogens is 3. The van der Waals surface area contributed by atoms with Crippen LogP contribution in [-0.2, 0) is 12.7 Å². The van der Waals surface area contributed by atoms with Gasteiger partial charge in [-0.15, -0.1) is 6.42 Å². The standard InChI is InChI=1S/C17H10F3N3O/c1-2-8-23-10-21-15-14(16(23)24)12(17(18,19)20)9-13(22-15)11-6-4-3-5-7-11/h1,3-7,9-10H,8H2. The Morgan fingerprint density at radius 2 is 1.92 bits per heavy atom. The Labute approximate surface area is 134 Å². The molecule has 0 aliphatic heterocycles. The minimum absolute atomic E-state index is 0.0945. The van der Waals surface area contributed by atoms with Crippen molar-refractivity contribution < 1.29 is 13.2 Å². The van der Waals surface area contributed by atoms with Crippen molar-refractivity contribution >= 4 is 11.0 Å². The van der Waals surface area contributed by atoms with E-state index in [1.54, 1.807) is 30.3 Å². The number of pyridine rings is 1. The van der Waals surface area contributed by atoms with Crippen molar-refractivity contribution in [3.8, 4) is 23.6 Å². The van der Waals surface area contributed by atoms with Gasteiger partial charge in [0.2, 0.25) is 0 Å². The molecule has 0 fully saturated rings. The van der Waals surface area contributed by atoms with Crippen LogP contribution in [0.1, 0.15) is 5.56 Å². The van der Waals surface area contributed by atoms with Crippen molar-refractivity contribution in [1.29, 1.82) is 0 Å². The molecule has 7 heteroatoms. The van der Waals surface area contributed by atoms with Crippen LogP contribution in [-0.4, -0.2) is 14.5 Å². The maximum absolute atomic E-state index is 13.5. The molecule has 0 radical (unpaired) electrons. The third-order valence-corrected chi connectivity index (χ3v) is 3.43. The zero-order valence-corrected chi connectivity index (χ0v) is 12.2. The van der Waals surface area contributed by atoms with Gasteiger partial charge in [0.05, 0.1) is 23.2 Å². The van der Waals surface area contributed by atoms with Crippen molar-refractivity contribution in [2.75, 3.05) is 0 Å². The molecule has 3 aromatic rings. The molecule has 24 heavy (non-hydrogen) atoms. The van der Waals surface area contributed by atoms with E-state index in [0.29, 0.717) is 5.56 Å². The summed E-state index contributed by atoms with van der Waals surface area (Å²) in [6.45, 7) is -0.167. The molecule has 0 saturated carbocycles. The van der Waals surface area contributed by atoms with Crippen molar-refractivity contribution in [3.05, 3.63) is 58.6 Å². The second-order valence-corrected chi connectivity index (χ2v) is 5.00. The fourth-order valence-electron chi connectivity index (χ4n) is 2.35. The monoisotopic (exact) mass is 329 g/mol. The second-order valence-electron chi connectivity index (χ2n) is 5.00. The van der Waals surface area contributed by atoms with Crippen LogP contribution < -0.4 is 5.56 Å². The SMILES string of the molecule is C#CCn1cnc2nc(-c3ccccc3)cc(C(F)(F)F)c2c1=O. The summed E-state index contributed by atoms with van der Waals surface area (Å²) in [6, 6.07) is 9.24. The maximum Gasteiger partial charge on any atom is 0.417 e. The van der Waals surface area contributed by atoms with Gasteiger partial charge < -0.3 is 0 Å². The number of hydrogen-bond acceptors (Lipinski definition) is 3. The molecule has 0 N–H and O–H groups in total. The van der Waals surface area contributed by atoms with E-state index in [2.05, 4.69) is 15.9 Å². The van der Waals surface area contributed by atoms with Gasteiger partial charge in [0, 0.05) is 5.56 Å². The van der Waals surface area contributed by atoms with E-state index in [4.69, 9.17) is 6.42 Å². The summed E-state index contributed by atoms with van der Waals surface area (Å²) in [6.07, 6.45) is 1.50. The lowest BCUT2D eigenvalue weighted by Crippen LogP contribution is -2.23. The summed E-state index contributed by atoms with van der Waals surface area (Å²) in [5.41, 5.74) is -1.61. The average Bonchev–Trinajstić information content (AvgIpc) is 2.56. The quantitative estimate of drug-likeness (QED) is 0.679. The van der Waals surface area contributed by atoms with Crippen molar-refractivity contribution in [3.63, 3.8) is 0 Å². The Bertz CT molecular complexity index is 1000. The van der Waals surface area contributed by atoms with Gasteiger partial charge in [-0.2, -0.15) is 13.2 Å². The summed E-state index contributed by atoms with van der Waals surface area (Å²) >= 11 is 0. The first-order chi connectivity index (χ1) is 11.4. The van der Waals surface area contributed by atoms with Crippen molar-refractivity contribution in [2.45, 2.75) is 12.7 Å². The van der Waals surface area contributed by atoms with E-state index in [1.807, 2.05) is 0 Å². The first-order valence-corrected chi connectivity index (χ1v) is 6.88. The van der Waals surface area contributed by atoms with Gasteiger partial charge >= 0.3 is 6.18 Å². The van der Waals surface area contributed by atoms with E-state index in [9.17, 15) is 18.0 Å². The highest BCUT2D eigenvalue weighted by atomic mass is 19.4. The lowest BCUT2D eigenvalue weighted by Gasteiger charge is -2.12. The van der Waals surface area contributed by atoms with E-state index in [0.717, 1.165) is 17.0 Å². The Kier molecular flexibility index (Phi) is 3.81. The summed E-state index contributed by atoms with van der Waals surface area (Å²) in [7, 11) is 0. The van der Waals surface area contributed by atoms with Gasteiger partial charge in [-0.3, -0.25) is 9.36 Å². The molecule has 0 amide bonds. The first kappa shape index (κ1) is 15.7. The molecule has 0 aliphatic carbocycles. The number of nitrogens with zero attached hydrogens (tertiary/aromatic N) is 3. The summed E-state index contributed by atoms with van der Waals surface area (Å²) < 4.78 is 41.3. The van der Waals surface area contributed by atoms with E-state index < -0.39 is 22.7 Å². The third kappa shape index (κ3) is 2.74. The molecule has 0 aliphatic rings. The topological polar surface area (TPSA) is 47.8 Å². The minimum atomic E-state index is -4.72. The maximum atomic E-state index is 13.5. The number of aromatic nitrogens is 3. The van der Waals surface area contributed by atoms with Crippen LogP contribution >= 0.6 is 0 Å². The van der Waals surface area contributed by atoms with Crippen LogP contribution in [0.4, 0.5) is 13.2 Å². The van der Waals surface area contributed by atoms with Crippen LogP contribution in [0.25, 0.3) is 22.3 Å². The van der Waals surface area contributed by atoms with E-state index >= 15 is 0 Å². The van der Waals surface area contributed by atoms with Gasteiger partial charge in [-0.25, -0.2) is 9.97 Å². The Morgan fingerprint density at radius 1 is 1.21 bits per heavy atom. The Balaban J connectivity index is 2.38. The van der Waals surface area contributed by atoms with Crippen LogP contribution in [0.15, 0.2) is 47.5 Å². The smallest absolute Gasteiger partial charge is 0.287 e. The third-order valence-electron chi connectivity index (χ3n) is 3.43. The summed E-state index contributed by atoms with van der Waals surface area (Å²) in [4.78, 5) is 20.3. The fraction of sp³-hybridized carbons (Fsp3) is 0.118. The van der Waals surface area contributed by atoms with Gasteiger partial charge in [-0.05, 0) is 6.07 Å². The normalized spacial score (nSPS) is 11.4. The molecule has 0 saturated heterocycles. The van der Waals surface area contributed by atoms with Gasteiger partial charge in [0.15, 0.2) is 5.65 Å². The lowest BCUT2D eigenvalue weighted by molar-refractivity contribution is -0.136. The molecule has 0 bridgehead atoms. The fourth-order valence-corrected chi connectivity index (χ4v) is 2.35. The minimum Gasteiger partial charge on any atom is -0.287 e. The molecule has 0 unspecified atom stereocenters. The predicted octanol–water partition coefficient (Wildman–Crippen LogP) is 3.11. The van der Waals surface area contributed by atoms with Crippen LogP contribution in [0.5, 0.6) is 0 Å².